The van der Waals surface area contributed by atoms with E-state index in [-0.39, 0.29) is 0 Å². The van der Waals surface area contributed by atoms with Crippen LogP contribution in [0.5, 0.6) is 0 Å². The van der Waals surface area contributed by atoms with Crippen molar-refractivity contribution in [2.45, 2.75) is 9.79 Å². The second-order valence-electron chi connectivity index (χ2n) is 10.1. The molecule has 8 rings (SSSR count). The summed E-state index contributed by atoms with van der Waals surface area (Å²) < 4.78 is 27.2. The molecule has 0 aromatic heterocycles. The molecule has 7 aromatic carbocycles. The van der Waals surface area contributed by atoms with Crippen LogP contribution < -0.4 is 0 Å². The first-order chi connectivity index (χ1) is 19.1. The molecule has 0 spiro atoms. The molecule has 1 aliphatic heterocycles. The van der Waals surface area contributed by atoms with Crippen molar-refractivity contribution in [3.05, 3.63) is 133 Å². The van der Waals surface area contributed by atoms with E-state index in [1.54, 1.807) is 12.1 Å². The quantitative estimate of drug-likeness (QED) is 0.214. The summed E-state index contributed by atoms with van der Waals surface area (Å²) >= 11 is 0. The van der Waals surface area contributed by atoms with Gasteiger partial charge in [-0.1, -0.05) is 115 Å². The van der Waals surface area contributed by atoms with E-state index in [4.69, 9.17) is 0 Å². The predicted octanol–water partition coefficient (Wildman–Crippen LogP) is 9.29. The van der Waals surface area contributed by atoms with Gasteiger partial charge in [0.1, 0.15) is 0 Å². The molecule has 2 nitrogen and oxygen atoms in total. The van der Waals surface area contributed by atoms with Crippen molar-refractivity contribution in [1.82, 2.24) is 0 Å². The van der Waals surface area contributed by atoms with Crippen molar-refractivity contribution >= 4 is 42.2 Å². The SMILES string of the molecule is O=S1(=O)c2ccccc2-c2cccc(-c3cccc(-c4ccc5c6ccccc6c6ccccc6c5c4)c3)c21. The van der Waals surface area contributed by atoms with Gasteiger partial charge in [-0.3, -0.25) is 0 Å². The van der Waals surface area contributed by atoms with E-state index in [0.29, 0.717) is 9.79 Å². The van der Waals surface area contributed by atoms with Crippen LogP contribution in [-0.4, -0.2) is 8.42 Å². The second-order valence-corrected chi connectivity index (χ2v) is 12.0. The number of benzene rings is 7. The summed E-state index contributed by atoms with van der Waals surface area (Å²) in [5.74, 6) is 0. The molecule has 184 valence electrons. The van der Waals surface area contributed by atoms with Gasteiger partial charge in [0.25, 0.3) is 0 Å². The molecule has 0 aliphatic carbocycles. The van der Waals surface area contributed by atoms with E-state index >= 15 is 0 Å². The molecule has 1 heterocycles. The number of sulfone groups is 1. The van der Waals surface area contributed by atoms with E-state index in [2.05, 4.69) is 78.9 Å². The lowest BCUT2D eigenvalue weighted by atomic mass is 9.91. The van der Waals surface area contributed by atoms with Crippen molar-refractivity contribution in [3.63, 3.8) is 0 Å². The van der Waals surface area contributed by atoms with Crippen LogP contribution in [0.15, 0.2) is 143 Å². The first kappa shape index (κ1) is 22.3. The fourth-order valence-electron chi connectivity index (χ4n) is 6.25. The summed E-state index contributed by atoms with van der Waals surface area (Å²) in [7, 11) is -3.60. The summed E-state index contributed by atoms with van der Waals surface area (Å²) in [4.78, 5) is 0.788. The van der Waals surface area contributed by atoms with Gasteiger partial charge in [-0.15, -0.1) is 0 Å². The largest absolute Gasteiger partial charge is 0.218 e. The van der Waals surface area contributed by atoms with Crippen molar-refractivity contribution in [2.24, 2.45) is 0 Å². The summed E-state index contributed by atoms with van der Waals surface area (Å²) in [6.07, 6.45) is 0. The normalized spacial score (nSPS) is 13.5. The highest BCUT2D eigenvalue weighted by molar-refractivity contribution is 7.92. The average molecular weight is 519 g/mol. The molecule has 0 fully saturated rings. The zero-order chi connectivity index (χ0) is 26.1. The minimum Gasteiger partial charge on any atom is -0.218 e. The minimum absolute atomic E-state index is 0.386. The Kier molecular flexibility index (Phi) is 4.64. The molecule has 1 aliphatic rings. The van der Waals surface area contributed by atoms with Crippen molar-refractivity contribution in [1.29, 1.82) is 0 Å². The number of fused-ring (bicyclic) bond motifs is 9. The van der Waals surface area contributed by atoms with Gasteiger partial charge >= 0.3 is 0 Å². The molecule has 7 aromatic rings. The standard InChI is InChI=1S/C36H22O2S/c37-39(38)35-18-6-5-15-32(35)33-17-8-16-26(36(33)39)25-10-7-9-23(21-25)24-19-20-31-29-13-2-1-11-27(29)28-12-3-4-14-30(28)34(31)22-24/h1-22H. The summed E-state index contributed by atoms with van der Waals surface area (Å²) in [5, 5.41) is 7.43. The molecule has 0 radical (unpaired) electrons. The molecule has 0 N–H and O–H groups in total. The van der Waals surface area contributed by atoms with Gasteiger partial charge in [0, 0.05) is 16.7 Å². The zero-order valence-electron chi connectivity index (χ0n) is 20.9. The fourth-order valence-corrected chi connectivity index (χ4v) is 8.14. The van der Waals surface area contributed by atoms with E-state index in [1.807, 2.05) is 42.5 Å². The number of hydrogen-bond acceptors (Lipinski definition) is 2. The topological polar surface area (TPSA) is 34.1 Å². The van der Waals surface area contributed by atoms with Crippen LogP contribution in [0.1, 0.15) is 0 Å². The molecule has 0 bridgehead atoms. The van der Waals surface area contributed by atoms with Gasteiger partial charge in [-0.25, -0.2) is 8.42 Å². The lowest BCUT2D eigenvalue weighted by Gasteiger charge is -2.13. The molecule has 0 unspecified atom stereocenters. The third-order valence-corrected chi connectivity index (χ3v) is 9.91. The van der Waals surface area contributed by atoms with Crippen LogP contribution in [0.4, 0.5) is 0 Å². The summed E-state index contributed by atoms with van der Waals surface area (Å²) in [6, 6.07) is 45.1. The third kappa shape index (κ3) is 3.17. The van der Waals surface area contributed by atoms with Crippen LogP contribution in [-0.2, 0) is 9.84 Å². The number of rotatable bonds is 2. The van der Waals surface area contributed by atoms with E-state index in [9.17, 15) is 8.42 Å². The Labute approximate surface area is 226 Å². The van der Waals surface area contributed by atoms with Crippen molar-refractivity contribution in [2.75, 3.05) is 0 Å². The molecule has 39 heavy (non-hydrogen) atoms. The monoisotopic (exact) mass is 518 g/mol. The number of hydrogen-bond donors (Lipinski definition) is 0. The van der Waals surface area contributed by atoms with Crippen LogP contribution in [0, 0.1) is 0 Å². The Morgan fingerprint density at radius 3 is 1.62 bits per heavy atom. The van der Waals surface area contributed by atoms with Crippen LogP contribution >= 0.6 is 0 Å². The summed E-state index contributed by atoms with van der Waals surface area (Å²) in [6.45, 7) is 0. The van der Waals surface area contributed by atoms with Crippen molar-refractivity contribution < 1.29 is 8.42 Å². The van der Waals surface area contributed by atoms with E-state index < -0.39 is 9.84 Å². The molecular weight excluding hydrogens is 496 g/mol. The average Bonchev–Trinajstić information content (AvgIpc) is 3.24. The summed E-state index contributed by atoms with van der Waals surface area (Å²) in [5.41, 5.74) is 5.34. The van der Waals surface area contributed by atoms with E-state index in [0.717, 1.165) is 33.4 Å². The minimum atomic E-state index is -3.60. The first-order valence-electron chi connectivity index (χ1n) is 13.0. The Morgan fingerprint density at radius 2 is 0.872 bits per heavy atom. The maximum absolute atomic E-state index is 13.6. The maximum Gasteiger partial charge on any atom is 0.208 e. The van der Waals surface area contributed by atoms with Gasteiger partial charge in [0.15, 0.2) is 0 Å². The van der Waals surface area contributed by atoms with Crippen LogP contribution in [0.2, 0.25) is 0 Å². The van der Waals surface area contributed by atoms with E-state index in [1.165, 1.54) is 32.3 Å². The lowest BCUT2D eigenvalue weighted by Crippen LogP contribution is -1.99. The Balaban J connectivity index is 1.33. The second kappa shape index (κ2) is 8.13. The Hall–Kier alpha value is -4.73. The van der Waals surface area contributed by atoms with Gasteiger partial charge in [-0.2, -0.15) is 0 Å². The molecule has 0 saturated heterocycles. The molecule has 0 atom stereocenters. The van der Waals surface area contributed by atoms with Gasteiger partial charge in [0.05, 0.1) is 9.79 Å². The molecular formula is C36H22O2S. The Bertz CT molecular complexity index is 2210. The fraction of sp³-hybridized carbons (Fsp3) is 0. The molecule has 3 heteroatoms. The predicted molar refractivity (Wildman–Crippen MR) is 161 cm³/mol. The van der Waals surface area contributed by atoms with Gasteiger partial charge < -0.3 is 0 Å². The molecule has 0 amide bonds. The van der Waals surface area contributed by atoms with Crippen LogP contribution in [0.25, 0.3) is 65.7 Å². The third-order valence-electron chi connectivity index (χ3n) is 8.00. The van der Waals surface area contributed by atoms with Gasteiger partial charge in [-0.05, 0) is 67.2 Å². The Morgan fingerprint density at radius 1 is 0.359 bits per heavy atom. The van der Waals surface area contributed by atoms with Crippen molar-refractivity contribution in [3.8, 4) is 33.4 Å². The lowest BCUT2D eigenvalue weighted by molar-refractivity contribution is 0.599. The van der Waals surface area contributed by atoms with Gasteiger partial charge in [0.2, 0.25) is 9.84 Å². The van der Waals surface area contributed by atoms with Crippen LogP contribution in [0.3, 0.4) is 0 Å². The smallest absolute Gasteiger partial charge is 0.208 e. The zero-order valence-corrected chi connectivity index (χ0v) is 21.7. The maximum atomic E-state index is 13.6. The highest BCUT2D eigenvalue weighted by Crippen LogP contribution is 2.47. The highest BCUT2D eigenvalue weighted by Gasteiger charge is 2.35. The highest BCUT2D eigenvalue weighted by atomic mass is 32.2. The molecule has 0 saturated carbocycles. The first-order valence-corrected chi connectivity index (χ1v) is 14.5.